The smallest absolute Gasteiger partial charge is 0.172 e. The zero-order chi connectivity index (χ0) is 8.43. The van der Waals surface area contributed by atoms with Crippen molar-refractivity contribution in [1.29, 1.82) is 0 Å². The van der Waals surface area contributed by atoms with Gasteiger partial charge in [0.15, 0.2) is 6.29 Å². The molecule has 0 amide bonds. The van der Waals surface area contributed by atoms with Gasteiger partial charge in [-0.1, -0.05) is 0 Å². The number of hydrogen-bond donors (Lipinski definition) is 4. The third kappa shape index (κ3) is 1.88. The minimum absolute atomic E-state index is 0.208. The molecule has 5 nitrogen and oxygen atoms in total. The molecule has 5 N–H and O–H groups in total. The van der Waals surface area contributed by atoms with Gasteiger partial charge in [0.1, 0.15) is 0 Å². The molecule has 0 bridgehead atoms. The lowest BCUT2D eigenvalue weighted by molar-refractivity contribution is -0.207. The van der Waals surface area contributed by atoms with Gasteiger partial charge in [0.05, 0.1) is 24.9 Å². The van der Waals surface area contributed by atoms with Gasteiger partial charge in [0.2, 0.25) is 0 Å². The normalized spacial score (nSPS) is 45.8. The highest BCUT2D eigenvalue weighted by atomic mass is 16.6. The first-order valence-corrected chi connectivity index (χ1v) is 3.53. The van der Waals surface area contributed by atoms with Gasteiger partial charge >= 0.3 is 0 Å². The maximum Gasteiger partial charge on any atom is 0.172 e. The SMILES string of the molecule is N[C@@H]1[C@@H](O)C[C@@H](CO)O[C@@H]1O. The second-order valence-corrected chi connectivity index (χ2v) is 2.71. The van der Waals surface area contributed by atoms with Gasteiger partial charge < -0.3 is 25.8 Å². The lowest BCUT2D eigenvalue weighted by atomic mass is 10.0. The fraction of sp³-hybridized carbons (Fsp3) is 1.00. The van der Waals surface area contributed by atoms with E-state index in [9.17, 15) is 5.11 Å². The quantitative estimate of drug-likeness (QED) is 0.351. The number of aliphatic hydroxyl groups excluding tert-OH is 3. The zero-order valence-electron chi connectivity index (χ0n) is 6.05. The number of ether oxygens (including phenoxy) is 1. The van der Waals surface area contributed by atoms with E-state index in [0.29, 0.717) is 0 Å². The Kier molecular flexibility index (Phi) is 2.80. The Labute approximate surface area is 64.4 Å². The topological polar surface area (TPSA) is 95.9 Å². The molecule has 1 rings (SSSR count). The second-order valence-electron chi connectivity index (χ2n) is 2.71. The van der Waals surface area contributed by atoms with Crippen LogP contribution in [0, 0.1) is 0 Å². The summed E-state index contributed by atoms with van der Waals surface area (Å²) in [6.45, 7) is -0.208. The van der Waals surface area contributed by atoms with E-state index < -0.39 is 24.5 Å². The van der Waals surface area contributed by atoms with Crippen LogP contribution in [-0.4, -0.2) is 46.5 Å². The fourth-order valence-electron chi connectivity index (χ4n) is 1.08. The van der Waals surface area contributed by atoms with E-state index in [2.05, 4.69) is 0 Å². The number of nitrogens with two attached hydrogens (primary N) is 1. The van der Waals surface area contributed by atoms with E-state index in [1.807, 2.05) is 0 Å². The minimum atomic E-state index is -1.17. The van der Waals surface area contributed by atoms with Gasteiger partial charge in [-0.25, -0.2) is 0 Å². The van der Waals surface area contributed by atoms with E-state index in [1.54, 1.807) is 0 Å². The lowest BCUT2D eigenvalue weighted by Crippen LogP contribution is -2.53. The average molecular weight is 163 g/mol. The summed E-state index contributed by atoms with van der Waals surface area (Å²) < 4.78 is 4.84. The van der Waals surface area contributed by atoms with E-state index in [0.717, 1.165) is 0 Å². The summed E-state index contributed by atoms with van der Waals surface area (Å²) in [6.07, 6.45) is -2.19. The van der Waals surface area contributed by atoms with Gasteiger partial charge in [-0.3, -0.25) is 0 Å². The highest BCUT2D eigenvalue weighted by molar-refractivity contribution is 4.82. The Morgan fingerprint density at radius 2 is 2.09 bits per heavy atom. The first-order chi connectivity index (χ1) is 5.15. The van der Waals surface area contributed by atoms with Gasteiger partial charge in [-0.05, 0) is 0 Å². The van der Waals surface area contributed by atoms with Crippen LogP contribution in [0.1, 0.15) is 6.42 Å². The lowest BCUT2D eigenvalue weighted by Gasteiger charge is -2.34. The van der Waals surface area contributed by atoms with Crippen molar-refractivity contribution in [2.75, 3.05) is 6.61 Å². The molecule has 1 saturated heterocycles. The Morgan fingerprint density at radius 3 is 2.55 bits per heavy atom. The molecule has 5 heteroatoms. The van der Waals surface area contributed by atoms with Crippen LogP contribution in [0.15, 0.2) is 0 Å². The number of rotatable bonds is 1. The summed E-state index contributed by atoms with van der Waals surface area (Å²) in [4.78, 5) is 0. The standard InChI is InChI=1S/C6H13NO4/c7-5-4(9)1-3(2-8)11-6(5)10/h3-6,8-10H,1-2,7H2/t3-,4-,5+,6-/m0/s1. The van der Waals surface area contributed by atoms with Crippen LogP contribution < -0.4 is 5.73 Å². The zero-order valence-corrected chi connectivity index (χ0v) is 6.05. The molecule has 0 radical (unpaired) electrons. The molecule has 66 valence electrons. The number of hydrogen-bond acceptors (Lipinski definition) is 5. The van der Waals surface area contributed by atoms with Crippen molar-refractivity contribution in [2.45, 2.75) is 31.0 Å². The first kappa shape index (κ1) is 8.89. The molecule has 1 aliphatic rings. The maximum atomic E-state index is 9.17. The Bertz CT molecular complexity index is 120. The second kappa shape index (κ2) is 3.46. The molecule has 0 unspecified atom stereocenters. The molecule has 0 saturated carbocycles. The minimum Gasteiger partial charge on any atom is -0.394 e. The molecule has 1 fully saturated rings. The van der Waals surface area contributed by atoms with Crippen molar-refractivity contribution in [3.05, 3.63) is 0 Å². The van der Waals surface area contributed by atoms with Crippen molar-refractivity contribution in [3.63, 3.8) is 0 Å². The molecule has 0 aromatic carbocycles. The maximum absolute atomic E-state index is 9.17. The Morgan fingerprint density at radius 1 is 1.45 bits per heavy atom. The molecule has 0 aromatic rings. The first-order valence-electron chi connectivity index (χ1n) is 3.53. The largest absolute Gasteiger partial charge is 0.394 e. The Balaban J connectivity index is 2.47. The third-order valence-electron chi connectivity index (χ3n) is 1.81. The van der Waals surface area contributed by atoms with Crippen molar-refractivity contribution >= 4 is 0 Å². The molecular weight excluding hydrogens is 150 g/mol. The van der Waals surface area contributed by atoms with Crippen LogP contribution in [0.3, 0.4) is 0 Å². The molecule has 0 spiro atoms. The summed E-state index contributed by atoms with van der Waals surface area (Å²) in [5.74, 6) is 0. The molecule has 1 aliphatic heterocycles. The van der Waals surface area contributed by atoms with Crippen molar-refractivity contribution in [2.24, 2.45) is 5.73 Å². The van der Waals surface area contributed by atoms with E-state index in [1.165, 1.54) is 0 Å². The number of aliphatic hydroxyl groups is 3. The highest BCUT2D eigenvalue weighted by Gasteiger charge is 2.33. The summed E-state index contributed by atoms with van der Waals surface area (Å²) in [5.41, 5.74) is 5.33. The van der Waals surface area contributed by atoms with Crippen molar-refractivity contribution in [3.8, 4) is 0 Å². The average Bonchev–Trinajstić information content (AvgIpc) is 1.99. The van der Waals surface area contributed by atoms with Crippen LogP contribution in [0.5, 0.6) is 0 Å². The van der Waals surface area contributed by atoms with Gasteiger partial charge in [-0.2, -0.15) is 0 Å². The highest BCUT2D eigenvalue weighted by Crippen LogP contribution is 2.16. The third-order valence-corrected chi connectivity index (χ3v) is 1.81. The van der Waals surface area contributed by atoms with Crippen molar-refractivity contribution < 1.29 is 20.1 Å². The predicted octanol–water partition coefficient (Wildman–Crippen LogP) is -2.23. The van der Waals surface area contributed by atoms with Crippen LogP contribution in [0.4, 0.5) is 0 Å². The molecule has 0 aliphatic carbocycles. The molecule has 1 heterocycles. The predicted molar refractivity (Wildman–Crippen MR) is 36.6 cm³/mol. The van der Waals surface area contributed by atoms with E-state index in [-0.39, 0.29) is 13.0 Å². The van der Waals surface area contributed by atoms with Crippen LogP contribution in [-0.2, 0) is 4.74 Å². The molecule has 4 atom stereocenters. The molecule has 11 heavy (non-hydrogen) atoms. The van der Waals surface area contributed by atoms with Crippen LogP contribution in [0.2, 0.25) is 0 Å². The van der Waals surface area contributed by atoms with E-state index in [4.69, 9.17) is 20.7 Å². The van der Waals surface area contributed by atoms with Crippen LogP contribution in [0.25, 0.3) is 0 Å². The van der Waals surface area contributed by atoms with Gasteiger partial charge in [0.25, 0.3) is 0 Å². The van der Waals surface area contributed by atoms with E-state index >= 15 is 0 Å². The summed E-state index contributed by atoms with van der Waals surface area (Å²) in [5, 5.41) is 26.8. The molecular formula is C6H13NO4. The van der Waals surface area contributed by atoms with Crippen LogP contribution >= 0.6 is 0 Å². The summed E-state index contributed by atoms with van der Waals surface area (Å²) in [7, 11) is 0. The summed E-state index contributed by atoms with van der Waals surface area (Å²) in [6, 6.07) is -0.766. The Hall–Kier alpha value is -0.200. The van der Waals surface area contributed by atoms with Gasteiger partial charge in [0, 0.05) is 6.42 Å². The summed E-state index contributed by atoms with van der Waals surface area (Å²) >= 11 is 0. The van der Waals surface area contributed by atoms with Gasteiger partial charge in [-0.15, -0.1) is 0 Å². The molecule has 0 aromatic heterocycles. The monoisotopic (exact) mass is 163 g/mol. The van der Waals surface area contributed by atoms with Crippen molar-refractivity contribution in [1.82, 2.24) is 0 Å². The fourth-order valence-corrected chi connectivity index (χ4v) is 1.08.